The van der Waals surface area contributed by atoms with E-state index in [0.29, 0.717) is 23.8 Å². The van der Waals surface area contributed by atoms with Gasteiger partial charge in [-0.05, 0) is 43.9 Å². The minimum Gasteiger partial charge on any atom is -0.346 e. The van der Waals surface area contributed by atoms with Crippen molar-refractivity contribution < 1.29 is 9.18 Å². The number of carbonyl (C=O) groups excluding carboxylic acids is 1. The highest BCUT2D eigenvalue weighted by molar-refractivity contribution is 6.30. The number of benzene rings is 1. The van der Waals surface area contributed by atoms with Crippen molar-refractivity contribution in [1.82, 2.24) is 20.3 Å². The highest BCUT2D eigenvalue weighted by atomic mass is 35.5. The molecule has 2 aromatic rings. The van der Waals surface area contributed by atoms with Gasteiger partial charge in [0.25, 0.3) is 5.91 Å². The molecule has 3 rings (SSSR count). The predicted octanol–water partition coefficient (Wildman–Crippen LogP) is 3.01. The highest BCUT2D eigenvalue weighted by Gasteiger charge is 2.26. The van der Waals surface area contributed by atoms with Crippen molar-refractivity contribution in [3.8, 4) is 5.69 Å². The van der Waals surface area contributed by atoms with Gasteiger partial charge in [0.05, 0.1) is 16.4 Å². The number of amides is 1. The summed E-state index contributed by atoms with van der Waals surface area (Å²) in [6.07, 6.45) is 5.77. The van der Waals surface area contributed by atoms with Crippen LogP contribution in [-0.4, -0.2) is 33.5 Å². The Labute approximate surface area is 156 Å². The van der Waals surface area contributed by atoms with E-state index in [2.05, 4.69) is 15.6 Å². The van der Waals surface area contributed by atoms with Gasteiger partial charge in [0.15, 0.2) is 5.69 Å². The second-order valence-electron chi connectivity index (χ2n) is 6.75. The molecule has 1 aliphatic carbocycles. The van der Waals surface area contributed by atoms with Gasteiger partial charge >= 0.3 is 0 Å². The van der Waals surface area contributed by atoms with Gasteiger partial charge in [-0.3, -0.25) is 4.79 Å². The Hall–Kier alpha value is -1.99. The van der Waals surface area contributed by atoms with Gasteiger partial charge in [0.1, 0.15) is 5.82 Å². The van der Waals surface area contributed by atoms with E-state index < -0.39 is 5.82 Å². The van der Waals surface area contributed by atoms with Crippen LogP contribution in [0.1, 0.15) is 48.3 Å². The fourth-order valence-corrected chi connectivity index (χ4v) is 3.72. The van der Waals surface area contributed by atoms with Gasteiger partial charge in [0, 0.05) is 12.6 Å². The first kappa shape index (κ1) is 18.8. The molecule has 1 saturated carbocycles. The average molecular weight is 380 g/mol. The Morgan fingerprint density at radius 1 is 1.42 bits per heavy atom. The zero-order valence-electron chi connectivity index (χ0n) is 14.7. The fraction of sp³-hybridized carbons (Fsp3) is 0.500. The van der Waals surface area contributed by atoms with Crippen LogP contribution in [0, 0.1) is 18.7 Å². The molecule has 26 heavy (non-hydrogen) atoms. The third-order valence-electron chi connectivity index (χ3n) is 5.05. The van der Waals surface area contributed by atoms with Crippen molar-refractivity contribution in [2.24, 2.45) is 11.7 Å². The van der Waals surface area contributed by atoms with E-state index in [-0.39, 0.29) is 22.7 Å². The number of nitrogens with one attached hydrogen (secondary N) is 1. The Kier molecular flexibility index (Phi) is 5.88. The minimum atomic E-state index is -0.510. The number of aromatic nitrogens is 3. The van der Waals surface area contributed by atoms with Gasteiger partial charge in [-0.2, -0.15) is 0 Å². The number of halogens is 2. The molecule has 1 unspecified atom stereocenters. The van der Waals surface area contributed by atoms with Crippen molar-refractivity contribution in [2.45, 2.75) is 45.1 Å². The largest absolute Gasteiger partial charge is 0.346 e. The van der Waals surface area contributed by atoms with Crippen molar-refractivity contribution in [3.63, 3.8) is 0 Å². The van der Waals surface area contributed by atoms with E-state index in [1.807, 2.05) is 0 Å². The van der Waals surface area contributed by atoms with Gasteiger partial charge in [-0.1, -0.05) is 36.1 Å². The standard InChI is InChI=1S/C18H23ClFN5O/c1-11-17(18(26)22-16(10-21)12-5-3-2-4-6-12)23-24-25(11)13-7-8-15(20)14(19)9-13/h7-9,12,16H,2-6,10,21H2,1H3,(H,22,26). The van der Waals surface area contributed by atoms with E-state index in [4.69, 9.17) is 17.3 Å². The molecule has 8 heteroatoms. The lowest BCUT2D eigenvalue weighted by Gasteiger charge is -2.29. The lowest BCUT2D eigenvalue weighted by molar-refractivity contribution is 0.0909. The SMILES string of the molecule is Cc1c(C(=O)NC(CN)C2CCCCC2)nnn1-c1ccc(F)c(Cl)c1. The molecule has 1 fully saturated rings. The van der Waals surface area contributed by atoms with Crippen LogP contribution < -0.4 is 11.1 Å². The number of nitrogens with two attached hydrogens (primary N) is 1. The molecule has 0 aliphatic heterocycles. The zero-order valence-corrected chi connectivity index (χ0v) is 15.5. The summed E-state index contributed by atoms with van der Waals surface area (Å²) in [4.78, 5) is 12.7. The monoisotopic (exact) mass is 379 g/mol. The van der Waals surface area contributed by atoms with Crippen molar-refractivity contribution >= 4 is 17.5 Å². The molecule has 3 N–H and O–H groups in total. The molecule has 0 radical (unpaired) electrons. The maximum Gasteiger partial charge on any atom is 0.274 e. The molecule has 1 atom stereocenters. The molecule has 0 spiro atoms. The molecular weight excluding hydrogens is 357 g/mol. The topological polar surface area (TPSA) is 85.8 Å². The number of hydrogen-bond donors (Lipinski definition) is 2. The van der Waals surface area contributed by atoms with Crippen LogP contribution in [0.15, 0.2) is 18.2 Å². The summed E-state index contributed by atoms with van der Waals surface area (Å²) in [6, 6.07) is 4.18. The first-order chi connectivity index (χ1) is 12.5. The average Bonchev–Trinajstić information content (AvgIpc) is 3.04. The Balaban J connectivity index is 1.77. The smallest absolute Gasteiger partial charge is 0.274 e. The third kappa shape index (κ3) is 3.88. The van der Waals surface area contributed by atoms with Crippen LogP contribution in [0.2, 0.25) is 5.02 Å². The molecule has 1 aromatic carbocycles. The van der Waals surface area contributed by atoms with E-state index in [9.17, 15) is 9.18 Å². The predicted molar refractivity (Wildman–Crippen MR) is 97.9 cm³/mol. The van der Waals surface area contributed by atoms with Gasteiger partial charge in [0.2, 0.25) is 0 Å². The Morgan fingerprint density at radius 3 is 2.81 bits per heavy atom. The fourth-order valence-electron chi connectivity index (χ4n) is 3.54. The number of rotatable bonds is 5. The summed E-state index contributed by atoms with van der Waals surface area (Å²) in [5, 5.41) is 11.0. The third-order valence-corrected chi connectivity index (χ3v) is 5.34. The lowest BCUT2D eigenvalue weighted by atomic mass is 9.84. The van der Waals surface area contributed by atoms with Crippen LogP contribution in [0.4, 0.5) is 4.39 Å². The van der Waals surface area contributed by atoms with E-state index in [0.717, 1.165) is 12.8 Å². The zero-order chi connectivity index (χ0) is 18.7. The van der Waals surface area contributed by atoms with Crippen LogP contribution in [-0.2, 0) is 0 Å². The molecule has 0 bridgehead atoms. The van der Waals surface area contributed by atoms with Crippen LogP contribution >= 0.6 is 11.6 Å². The Morgan fingerprint density at radius 2 is 2.15 bits per heavy atom. The summed E-state index contributed by atoms with van der Waals surface area (Å²) in [5.74, 6) is -0.392. The van der Waals surface area contributed by atoms with Crippen molar-refractivity contribution in [1.29, 1.82) is 0 Å². The quantitative estimate of drug-likeness (QED) is 0.836. The van der Waals surface area contributed by atoms with E-state index >= 15 is 0 Å². The van der Waals surface area contributed by atoms with E-state index in [1.54, 1.807) is 6.92 Å². The molecule has 1 aliphatic rings. The normalized spacial score (nSPS) is 16.5. The van der Waals surface area contributed by atoms with Crippen molar-refractivity contribution in [2.75, 3.05) is 6.54 Å². The number of carbonyl (C=O) groups is 1. The summed E-state index contributed by atoms with van der Waals surface area (Å²) in [7, 11) is 0. The molecule has 6 nitrogen and oxygen atoms in total. The summed E-state index contributed by atoms with van der Waals surface area (Å²) in [6.45, 7) is 2.14. The highest BCUT2D eigenvalue weighted by Crippen LogP contribution is 2.26. The number of hydrogen-bond acceptors (Lipinski definition) is 4. The van der Waals surface area contributed by atoms with Gasteiger partial charge in [-0.15, -0.1) is 5.10 Å². The Bertz CT molecular complexity index is 788. The molecule has 0 saturated heterocycles. The molecule has 1 aromatic heterocycles. The minimum absolute atomic E-state index is 0.0103. The second kappa shape index (κ2) is 8.14. The van der Waals surface area contributed by atoms with Crippen LogP contribution in [0.3, 0.4) is 0 Å². The van der Waals surface area contributed by atoms with Crippen LogP contribution in [0.25, 0.3) is 5.69 Å². The summed E-state index contributed by atoms with van der Waals surface area (Å²) >= 11 is 5.83. The maximum absolute atomic E-state index is 13.4. The molecule has 1 heterocycles. The second-order valence-corrected chi connectivity index (χ2v) is 7.15. The van der Waals surface area contributed by atoms with Gasteiger partial charge < -0.3 is 11.1 Å². The number of nitrogens with zero attached hydrogens (tertiary/aromatic N) is 3. The van der Waals surface area contributed by atoms with E-state index in [1.165, 1.54) is 42.1 Å². The lowest BCUT2D eigenvalue weighted by Crippen LogP contribution is -2.46. The summed E-state index contributed by atoms with van der Waals surface area (Å²) < 4.78 is 14.8. The first-order valence-electron chi connectivity index (χ1n) is 8.90. The van der Waals surface area contributed by atoms with Crippen molar-refractivity contribution in [3.05, 3.63) is 40.4 Å². The van der Waals surface area contributed by atoms with Crippen LogP contribution in [0.5, 0.6) is 0 Å². The molecule has 1 amide bonds. The summed E-state index contributed by atoms with van der Waals surface area (Å²) in [5.41, 5.74) is 7.23. The van der Waals surface area contributed by atoms with Gasteiger partial charge in [-0.25, -0.2) is 9.07 Å². The first-order valence-corrected chi connectivity index (χ1v) is 9.27. The molecular formula is C18H23ClFN5O. The maximum atomic E-state index is 13.4. The molecule has 140 valence electrons.